The molecule has 2 rings (SSSR count). The fourth-order valence-corrected chi connectivity index (χ4v) is 3.37. The van der Waals surface area contributed by atoms with Crippen LogP contribution in [0, 0.1) is 5.92 Å². The zero-order chi connectivity index (χ0) is 18.8. The summed E-state index contributed by atoms with van der Waals surface area (Å²) in [6.45, 7) is 3.83. The van der Waals surface area contributed by atoms with Crippen molar-refractivity contribution in [1.29, 1.82) is 0 Å². The number of guanidine groups is 1. The van der Waals surface area contributed by atoms with Crippen molar-refractivity contribution in [2.24, 2.45) is 10.9 Å². The van der Waals surface area contributed by atoms with E-state index >= 15 is 0 Å². The van der Waals surface area contributed by atoms with Crippen LogP contribution >= 0.6 is 0 Å². The Hall–Kier alpha value is -2.24. The van der Waals surface area contributed by atoms with Crippen LogP contribution < -0.4 is 15.5 Å². The molecule has 0 radical (unpaired) electrons. The Morgan fingerprint density at radius 2 is 1.96 bits per heavy atom. The molecule has 1 amide bonds. The van der Waals surface area contributed by atoms with Crippen molar-refractivity contribution < 1.29 is 4.79 Å². The minimum absolute atomic E-state index is 0.147. The fraction of sp³-hybridized carbons (Fsp3) is 0.600. The van der Waals surface area contributed by atoms with Crippen LogP contribution in [-0.4, -0.2) is 64.1 Å². The summed E-state index contributed by atoms with van der Waals surface area (Å²) in [5, 5.41) is 6.20. The van der Waals surface area contributed by atoms with Crippen molar-refractivity contribution in [2.45, 2.75) is 25.7 Å². The third-order valence-corrected chi connectivity index (χ3v) is 5.03. The molecule has 1 aliphatic heterocycles. The van der Waals surface area contributed by atoms with Gasteiger partial charge in [-0.3, -0.25) is 9.79 Å². The second-order valence-electron chi connectivity index (χ2n) is 6.89. The van der Waals surface area contributed by atoms with E-state index in [1.54, 1.807) is 7.05 Å². The molecule has 1 aromatic carbocycles. The highest BCUT2D eigenvalue weighted by molar-refractivity contribution is 5.80. The molecule has 26 heavy (non-hydrogen) atoms. The van der Waals surface area contributed by atoms with E-state index in [9.17, 15) is 4.79 Å². The summed E-state index contributed by atoms with van der Waals surface area (Å²) in [6.07, 6.45) is 3.79. The molecule has 1 aromatic rings. The summed E-state index contributed by atoms with van der Waals surface area (Å²) in [4.78, 5) is 20.5. The first-order valence-electron chi connectivity index (χ1n) is 9.56. The molecule has 1 aliphatic rings. The van der Waals surface area contributed by atoms with Gasteiger partial charge in [-0.25, -0.2) is 0 Å². The molecule has 1 heterocycles. The first kappa shape index (κ1) is 20.1. The number of piperidine rings is 1. The number of hydrogen-bond acceptors (Lipinski definition) is 3. The van der Waals surface area contributed by atoms with Crippen LogP contribution in [0.2, 0.25) is 0 Å². The topological polar surface area (TPSA) is 60.0 Å². The molecule has 144 valence electrons. The Labute approximate surface area is 157 Å². The molecule has 0 aromatic heterocycles. The van der Waals surface area contributed by atoms with Gasteiger partial charge < -0.3 is 20.4 Å². The van der Waals surface area contributed by atoms with Gasteiger partial charge >= 0.3 is 0 Å². The second kappa shape index (κ2) is 10.7. The molecule has 2 N–H and O–H groups in total. The number of likely N-dealkylation sites (tertiary alicyclic amines) is 1. The molecule has 0 aliphatic carbocycles. The highest BCUT2D eigenvalue weighted by atomic mass is 16.1. The minimum atomic E-state index is 0.147. The molecule has 0 atom stereocenters. The van der Waals surface area contributed by atoms with E-state index in [4.69, 9.17) is 0 Å². The van der Waals surface area contributed by atoms with Crippen LogP contribution in [0.15, 0.2) is 35.3 Å². The van der Waals surface area contributed by atoms with Gasteiger partial charge in [0.2, 0.25) is 5.91 Å². The predicted molar refractivity (Wildman–Crippen MR) is 109 cm³/mol. The van der Waals surface area contributed by atoms with E-state index in [2.05, 4.69) is 56.7 Å². The maximum Gasteiger partial charge on any atom is 0.220 e. The standard InChI is InChI=1S/C20H33N5O/c1-21-19(26)16-17-10-14-25(15-11-17)20(22-2)23-12-7-13-24(3)18-8-5-4-6-9-18/h4-6,8-9,17H,7,10-16H2,1-3H3,(H,21,26)(H,22,23). The van der Waals surface area contributed by atoms with Gasteiger partial charge in [-0.05, 0) is 37.3 Å². The summed E-state index contributed by atoms with van der Waals surface area (Å²) < 4.78 is 0. The van der Waals surface area contributed by atoms with Crippen molar-refractivity contribution in [3.63, 3.8) is 0 Å². The molecule has 6 nitrogen and oxygen atoms in total. The number of amides is 1. The van der Waals surface area contributed by atoms with Gasteiger partial charge in [-0.1, -0.05) is 18.2 Å². The largest absolute Gasteiger partial charge is 0.375 e. The summed E-state index contributed by atoms with van der Waals surface area (Å²) in [5.74, 6) is 1.61. The lowest BCUT2D eigenvalue weighted by Crippen LogP contribution is -2.46. The molecule has 0 spiro atoms. The van der Waals surface area contributed by atoms with E-state index in [1.807, 2.05) is 13.1 Å². The van der Waals surface area contributed by atoms with Crippen LogP contribution in [0.1, 0.15) is 25.7 Å². The molecule has 1 fully saturated rings. The van der Waals surface area contributed by atoms with E-state index in [0.29, 0.717) is 12.3 Å². The summed E-state index contributed by atoms with van der Waals surface area (Å²) in [5.41, 5.74) is 1.25. The third-order valence-electron chi connectivity index (χ3n) is 5.03. The van der Waals surface area contributed by atoms with Crippen molar-refractivity contribution in [2.75, 3.05) is 52.2 Å². The first-order valence-corrected chi connectivity index (χ1v) is 9.56. The number of benzene rings is 1. The highest BCUT2D eigenvalue weighted by Crippen LogP contribution is 2.20. The average molecular weight is 360 g/mol. The van der Waals surface area contributed by atoms with Gasteiger partial charge in [0.25, 0.3) is 0 Å². The lowest BCUT2D eigenvalue weighted by molar-refractivity contribution is -0.121. The Morgan fingerprint density at radius 1 is 1.27 bits per heavy atom. The summed E-state index contributed by atoms with van der Waals surface area (Å²) in [6, 6.07) is 10.4. The van der Waals surface area contributed by atoms with Gasteiger partial charge in [0.15, 0.2) is 5.96 Å². The lowest BCUT2D eigenvalue weighted by atomic mass is 9.93. The smallest absolute Gasteiger partial charge is 0.220 e. The van der Waals surface area contributed by atoms with Crippen LogP contribution in [0.5, 0.6) is 0 Å². The highest BCUT2D eigenvalue weighted by Gasteiger charge is 2.22. The molecule has 0 bridgehead atoms. The van der Waals surface area contributed by atoms with Crippen LogP contribution in [-0.2, 0) is 4.79 Å². The number of nitrogens with zero attached hydrogens (tertiary/aromatic N) is 3. The zero-order valence-corrected chi connectivity index (χ0v) is 16.4. The normalized spacial score (nSPS) is 15.7. The zero-order valence-electron chi connectivity index (χ0n) is 16.4. The van der Waals surface area contributed by atoms with Crippen LogP contribution in [0.3, 0.4) is 0 Å². The van der Waals surface area contributed by atoms with Crippen LogP contribution in [0.25, 0.3) is 0 Å². The van der Waals surface area contributed by atoms with E-state index in [-0.39, 0.29) is 5.91 Å². The number of nitrogens with one attached hydrogen (secondary N) is 2. The quantitative estimate of drug-likeness (QED) is 0.444. The fourth-order valence-electron chi connectivity index (χ4n) is 3.37. The predicted octanol–water partition coefficient (Wildman–Crippen LogP) is 1.94. The number of rotatable bonds is 7. The summed E-state index contributed by atoms with van der Waals surface area (Å²) in [7, 11) is 5.68. The van der Waals surface area contributed by atoms with Gasteiger partial charge in [0.1, 0.15) is 0 Å². The summed E-state index contributed by atoms with van der Waals surface area (Å²) >= 11 is 0. The number of anilines is 1. The van der Waals surface area contributed by atoms with Crippen molar-refractivity contribution in [1.82, 2.24) is 15.5 Å². The Balaban J connectivity index is 1.67. The van der Waals surface area contributed by atoms with E-state index in [0.717, 1.165) is 51.4 Å². The molecule has 1 saturated heterocycles. The Bertz CT molecular complexity index is 567. The van der Waals surface area contributed by atoms with E-state index in [1.165, 1.54) is 5.69 Å². The number of carbonyl (C=O) groups excluding carboxylic acids is 1. The molecule has 6 heteroatoms. The first-order chi connectivity index (χ1) is 12.6. The SMILES string of the molecule is CN=C(NCCCN(C)c1ccccc1)N1CCC(CC(=O)NC)CC1. The minimum Gasteiger partial charge on any atom is -0.375 e. The molecule has 0 unspecified atom stereocenters. The van der Waals surface area contributed by atoms with Gasteiger partial charge in [0, 0.05) is 59.4 Å². The second-order valence-corrected chi connectivity index (χ2v) is 6.89. The maximum atomic E-state index is 11.5. The third kappa shape index (κ3) is 6.24. The number of aliphatic imine (C=N–C) groups is 1. The number of carbonyl (C=O) groups is 1. The number of para-hydroxylation sites is 1. The van der Waals surface area contributed by atoms with Gasteiger partial charge in [0.05, 0.1) is 0 Å². The van der Waals surface area contributed by atoms with Crippen molar-refractivity contribution in [3.05, 3.63) is 30.3 Å². The molecular formula is C20H33N5O. The maximum absolute atomic E-state index is 11.5. The van der Waals surface area contributed by atoms with Gasteiger partial charge in [-0.15, -0.1) is 0 Å². The Kier molecular flexibility index (Phi) is 8.25. The van der Waals surface area contributed by atoms with Crippen molar-refractivity contribution >= 4 is 17.6 Å². The molecular weight excluding hydrogens is 326 g/mol. The van der Waals surface area contributed by atoms with Crippen LogP contribution in [0.4, 0.5) is 5.69 Å². The number of hydrogen-bond donors (Lipinski definition) is 2. The van der Waals surface area contributed by atoms with Gasteiger partial charge in [-0.2, -0.15) is 0 Å². The lowest BCUT2D eigenvalue weighted by Gasteiger charge is -2.34. The molecule has 0 saturated carbocycles. The van der Waals surface area contributed by atoms with E-state index < -0.39 is 0 Å². The van der Waals surface area contributed by atoms with Crippen molar-refractivity contribution in [3.8, 4) is 0 Å². The Morgan fingerprint density at radius 3 is 2.58 bits per heavy atom. The monoisotopic (exact) mass is 359 g/mol. The average Bonchev–Trinajstić information content (AvgIpc) is 2.69.